The number of carboxylic acids is 1. The molecule has 8 nitrogen and oxygen atoms in total. The van der Waals surface area contributed by atoms with Gasteiger partial charge in [0.15, 0.2) is 5.82 Å². The Kier molecular flexibility index (Phi) is 3.23. The van der Waals surface area contributed by atoms with E-state index in [-0.39, 0.29) is 11.4 Å². The first-order valence-electron chi connectivity index (χ1n) is 5.46. The molecule has 2 heterocycles. The van der Waals surface area contributed by atoms with Gasteiger partial charge in [-0.3, -0.25) is 10.00 Å². The maximum absolute atomic E-state index is 11.7. The Hall–Kier alpha value is -2.77. The molecule has 0 spiro atoms. The summed E-state index contributed by atoms with van der Waals surface area (Å²) < 4.78 is 1.54. The molecule has 0 aliphatic carbocycles. The molecule has 19 heavy (non-hydrogen) atoms. The highest BCUT2D eigenvalue weighted by Crippen LogP contribution is 2.17. The predicted octanol–water partition coefficient (Wildman–Crippen LogP) is 1.40. The Labute approximate surface area is 108 Å². The molecule has 0 saturated carbocycles. The molecule has 0 aliphatic heterocycles. The number of hydrogen-bond acceptors (Lipinski definition) is 3. The Balaban J connectivity index is 2.08. The van der Waals surface area contributed by atoms with Crippen molar-refractivity contribution in [1.82, 2.24) is 14.8 Å². The Morgan fingerprint density at radius 2 is 2.16 bits per heavy atom. The van der Waals surface area contributed by atoms with Gasteiger partial charge in [-0.1, -0.05) is 0 Å². The number of carboxylic acid groups (broad SMARTS) is 1. The first-order chi connectivity index (χ1) is 8.95. The second kappa shape index (κ2) is 4.84. The van der Waals surface area contributed by atoms with E-state index in [1.807, 2.05) is 0 Å². The Morgan fingerprint density at radius 3 is 2.74 bits per heavy atom. The average molecular weight is 263 g/mol. The van der Waals surface area contributed by atoms with Crippen molar-refractivity contribution in [3.63, 3.8) is 0 Å². The quantitative estimate of drug-likeness (QED) is 0.670. The topological polar surface area (TPSA) is 112 Å². The maximum atomic E-state index is 11.7. The molecular weight excluding hydrogens is 250 g/mol. The van der Waals surface area contributed by atoms with Crippen LogP contribution in [0, 0.1) is 6.92 Å². The third-order valence-electron chi connectivity index (χ3n) is 2.37. The van der Waals surface area contributed by atoms with E-state index in [1.54, 1.807) is 37.0 Å². The lowest BCUT2D eigenvalue weighted by molar-refractivity contribution is 0.0692. The van der Waals surface area contributed by atoms with E-state index in [4.69, 9.17) is 5.11 Å². The molecule has 0 atom stereocenters. The van der Waals surface area contributed by atoms with E-state index in [0.717, 1.165) is 0 Å². The van der Waals surface area contributed by atoms with Gasteiger partial charge in [0.05, 0.1) is 5.69 Å². The Bertz CT molecular complexity index is 628. The number of aromatic amines is 1. The van der Waals surface area contributed by atoms with Crippen LogP contribution in [0.2, 0.25) is 0 Å². The normalized spacial score (nSPS) is 10.2. The van der Waals surface area contributed by atoms with Crippen molar-refractivity contribution in [3.05, 3.63) is 29.7 Å². The van der Waals surface area contributed by atoms with Gasteiger partial charge >= 0.3 is 12.0 Å². The minimum atomic E-state index is -1.14. The summed E-state index contributed by atoms with van der Waals surface area (Å²) >= 11 is 0. The van der Waals surface area contributed by atoms with E-state index in [1.165, 1.54) is 0 Å². The van der Waals surface area contributed by atoms with E-state index < -0.39 is 12.0 Å². The second-order valence-electron chi connectivity index (χ2n) is 4.00. The van der Waals surface area contributed by atoms with E-state index in [9.17, 15) is 9.59 Å². The largest absolute Gasteiger partial charge is 0.477 e. The van der Waals surface area contributed by atoms with E-state index >= 15 is 0 Å². The van der Waals surface area contributed by atoms with Gasteiger partial charge in [0.25, 0.3) is 0 Å². The lowest BCUT2D eigenvalue weighted by atomic mass is 10.3. The van der Waals surface area contributed by atoms with Crippen LogP contribution in [-0.4, -0.2) is 31.9 Å². The zero-order valence-corrected chi connectivity index (χ0v) is 10.4. The number of rotatable bonds is 3. The molecule has 0 unspecified atom stereocenters. The molecule has 0 bridgehead atoms. The predicted molar refractivity (Wildman–Crippen MR) is 68.3 cm³/mol. The number of aryl methyl sites for hydroxylation is 2. The highest BCUT2D eigenvalue weighted by atomic mass is 16.4. The zero-order chi connectivity index (χ0) is 14.0. The number of nitrogens with one attached hydrogen (secondary N) is 3. The summed E-state index contributed by atoms with van der Waals surface area (Å²) in [7, 11) is 1.72. The summed E-state index contributed by atoms with van der Waals surface area (Å²) in [4.78, 5) is 25.3. The van der Waals surface area contributed by atoms with Crippen molar-refractivity contribution in [1.29, 1.82) is 0 Å². The fraction of sp³-hybridized carbons (Fsp3) is 0.182. The van der Waals surface area contributed by atoms with Crippen LogP contribution in [0.25, 0.3) is 0 Å². The van der Waals surface area contributed by atoms with Crippen LogP contribution in [0.1, 0.15) is 16.2 Å². The number of H-pyrrole nitrogens is 1. The fourth-order valence-corrected chi connectivity index (χ4v) is 1.61. The van der Waals surface area contributed by atoms with Gasteiger partial charge in [-0.25, -0.2) is 9.59 Å². The summed E-state index contributed by atoms with van der Waals surface area (Å²) in [5.74, 6) is -0.759. The lowest BCUT2D eigenvalue weighted by Gasteiger charge is -2.04. The third kappa shape index (κ3) is 2.92. The number of aromatic carboxylic acids is 1. The number of hydrogen-bond donors (Lipinski definition) is 4. The summed E-state index contributed by atoms with van der Waals surface area (Å²) in [6.45, 7) is 1.70. The van der Waals surface area contributed by atoms with Gasteiger partial charge in [0, 0.05) is 25.0 Å². The molecule has 100 valence electrons. The molecule has 0 aliphatic rings. The van der Waals surface area contributed by atoms with Crippen LogP contribution in [0.15, 0.2) is 18.3 Å². The van der Waals surface area contributed by atoms with Crippen molar-refractivity contribution in [3.8, 4) is 0 Å². The van der Waals surface area contributed by atoms with Crippen molar-refractivity contribution in [2.45, 2.75) is 6.92 Å². The van der Waals surface area contributed by atoms with Gasteiger partial charge in [-0.15, -0.1) is 0 Å². The van der Waals surface area contributed by atoms with Gasteiger partial charge in [0.2, 0.25) is 0 Å². The molecule has 2 aromatic rings. The average Bonchev–Trinajstić information content (AvgIpc) is 2.85. The Morgan fingerprint density at radius 1 is 1.42 bits per heavy atom. The molecule has 2 aromatic heterocycles. The SMILES string of the molecule is Cc1cc(NC(=O)Nc2ccn(C)n2)c(C(=O)O)[nH]1. The molecule has 0 radical (unpaired) electrons. The maximum Gasteiger partial charge on any atom is 0.354 e. The molecule has 8 heteroatoms. The van der Waals surface area contributed by atoms with Crippen LogP contribution in [-0.2, 0) is 7.05 Å². The monoisotopic (exact) mass is 263 g/mol. The standard InChI is InChI=1S/C11H13N5O3/c1-6-5-7(9(12-6)10(17)18)13-11(19)14-8-3-4-16(2)15-8/h3-5,12H,1-2H3,(H,17,18)(H2,13,14,15,19). The number of carbonyl (C=O) groups excluding carboxylic acids is 1. The van der Waals surface area contributed by atoms with E-state index in [0.29, 0.717) is 11.5 Å². The lowest BCUT2D eigenvalue weighted by Crippen LogP contribution is -2.20. The molecule has 4 N–H and O–H groups in total. The van der Waals surface area contributed by atoms with Crippen molar-refractivity contribution >= 4 is 23.5 Å². The molecule has 2 amide bonds. The first kappa shape index (κ1) is 12.7. The fourth-order valence-electron chi connectivity index (χ4n) is 1.61. The third-order valence-corrected chi connectivity index (χ3v) is 2.37. The van der Waals surface area contributed by atoms with Gasteiger partial charge in [0.1, 0.15) is 5.69 Å². The summed E-state index contributed by atoms with van der Waals surface area (Å²) in [5, 5.41) is 17.9. The molecule has 0 fully saturated rings. The van der Waals surface area contributed by atoms with Crippen molar-refractivity contribution in [2.24, 2.45) is 7.05 Å². The van der Waals surface area contributed by atoms with Crippen LogP contribution in [0.5, 0.6) is 0 Å². The smallest absolute Gasteiger partial charge is 0.354 e. The molecule has 0 aromatic carbocycles. The highest BCUT2D eigenvalue weighted by Gasteiger charge is 2.15. The summed E-state index contributed by atoms with van der Waals surface area (Å²) in [6, 6.07) is 2.61. The number of aromatic nitrogens is 3. The molecule has 2 rings (SSSR count). The minimum Gasteiger partial charge on any atom is -0.477 e. The number of amides is 2. The van der Waals surface area contributed by atoms with Gasteiger partial charge < -0.3 is 15.4 Å². The number of anilines is 2. The van der Waals surface area contributed by atoms with Crippen LogP contribution < -0.4 is 10.6 Å². The summed E-state index contributed by atoms with van der Waals surface area (Å²) in [5.41, 5.74) is 0.789. The summed E-state index contributed by atoms with van der Waals surface area (Å²) in [6.07, 6.45) is 1.68. The highest BCUT2D eigenvalue weighted by molar-refractivity contribution is 6.03. The number of urea groups is 1. The second-order valence-corrected chi connectivity index (χ2v) is 4.00. The van der Waals surface area contributed by atoms with Crippen molar-refractivity contribution in [2.75, 3.05) is 10.6 Å². The van der Waals surface area contributed by atoms with Gasteiger partial charge in [-0.2, -0.15) is 5.10 Å². The molecular formula is C11H13N5O3. The van der Waals surface area contributed by atoms with E-state index in [2.05, 4.69) is 20.7 Å². The minimum absolute atomic E-state index is 0.0614. The van der Waals surface area contributed by atoms with Crippen LogP contribution in [0.4, 0.5) is 16.3 Å². The van der Waals surface area contributed by atoms with Gasteiger partial charge in [-0.05, 0) is 13.0 Å². The molecule has 0 saturated heterocycles. The number of nitrogens with zero attached hydrogens (tertiary/aromatic N) is 2. The van der Waals surface area contributed by atoms with Crippen molar-refractivity contribution < 1.29 is 14.7 Å². The first-order valence-corrected chi connectivity index (χ1v) is 5.46. The zero-order valence-electron chi connectivity index (χ0n) is 10.4. The van der Waals surface area contributed by atoms with Crippen LogP contribution >= 0.6 is 0 Å². The number of carbonyl (C=O) groups is 2. The van der Waals surface area contributed by atoms with Crippen LogP contribution in [0.3, 0.4) is 0 Å².